The molecule has 8 nitrogen and oxygen atoms in total. The van der Waals surface area contributed by atoms with Gasteiger partial charge in [-0.05, 0) is 55.9 Å². The molecule has 1 aromatic heterocycles. The van der Waals surface area contributed by atoms with Gasteiger partial charge in [0.15, 0.2) is 0 Å². The standard InChI is InChI=1S/C20H26FN5O3S/c1-3-14(15-5-4-8-23-15)24-20(28)25-19-16(17(22)27)18(26-30-19)29-10-12-7-6-11(2)9-13(12)21/h6-7,9,14-15,23H,3-5,8,10H2,1-2H3,(H2,22,27)(H2,24,25,28). The normalized spacial score (nSPS) is 16.8. The van der Waals surface area contributed by atoms with E-state index < -0.39 is 17.8 Å². The summed E-state index contributed by atoms with van der Waals surface area (Å²) in [5.41, 5.74) is 6.56. The van der Waals surface area contributed by atoms with Crippen LogP contribution in [0, 0.1) is 12.7 Å². The Morgan fingerprint density at radius 3 is 2.90 bits per heavy atom. The van der Waals surface area contributed by atoms with Gasteiger partial charge in [0.05, 0.1) is 0 Å². The lowest BCUT2D eigenvalue weighted by Crippen LogP contribution is -2.48. The van der Waals surface area contributed by atoms with Crippen LogP contribution in [0.2, 0.25) is 0 Å². The SMILES string of the molecule is CCC(NC(=O)Nc1snc(OCc2ccc(C)cc2F)c1C(N)=O)C1CCCN1. The number of anilines is 1. The van der Waals surface area contributed by atoms with Crippen molar-refractivity contribution in [3.05, 3.63) is 40.7 Å². The quantitative estimate of drug-likeness (QED) is 0.508. The lowest BCUT2D eigenvalue weighted by Gasteiger charge is -2.23. The molecule has 0 bridgehead atoms. The average molecular weight is 436 g/mol. The number of nitrogens with zero attached hydrogens (tertiary/aromatic N) is 1. The summed E-state index contributed by atoms with van der Waals surface area (Å²) >= 11 is 0.884. The summed E-state index contributed by atoms with van der Waals surface area (Å²) in [4.78, 5) is 24.4. The van der Waals surface area contributed by atoms with Gasteiger partial charge in [0.1, 0.15) is 23.0 Å². The van der Waals surface area contributed by atoms with Gasteiger partial charge in [0.2, 0.25) is 5.88 Å². The van der Waals surface area contributed by atoms with Crippen molar-refractivity contribution in [3.63, 3.8) is 0 Å². The van der Waals surface area contributed by atoms with E-state index in [2.05, 4.69) is 20.3 Å². The highest BCUT2D eigenvalue weighted by Gasteiger charge is 2.26. The van der Waals surface area contributed by atoms with Gasteiger partial charge in [-0.3, -0.25) is 10.1 Å². The number of halogens is 1. The van der Waals surface area contributed by atoms with Gasteiger partial charge in [-0.1, -0.05) is 19.1 Å². The van der Waals surface area contributed by atoms with Crippen molar-refractivity contribution in [1.82, 2.24) is 15.0 Å². The number of carbonyl (C=O) groups is 2. The van der Waals surface area contributed by atoms with Crippen molar-refractivity contribution in [2.24, 2.45) is 5.73 Å². The van der Waals surface area contributed by atoms with Crippen LogP contribution >= 0.6 is 11.5 Å². The number of nitrogens with one attached hydrogen (secondary N) is 3. The Kier molecular flexibility index (Phi) is 7.22. The number of amides is 3. The molecule has 5 N–H and O–H groups in total. The molecule has 1 fully saturated rings. The largest absolute Gasteiger partial charge is 0.471 e. The van der Waals surface area contributed by atoms with Gasteiger partial charge in [-0.15, -0.1) is 0 Å². The fraction of sp³-hybridized carbons (Fsp3) is 0.450. The Labute approximate surface area is 178 Å². The average Bonchev–Trinajstić information content (AvgIpc) is 3.35. The predicted octanol–water partition coefficient (Wildman–Crippen LogP) is 2.92. The maximum Gasteiger partial charge on any atom is 0.320 e. The van der Waals surface area contributed by atoms with E-state index in [1.54, 1.807) is 19.1 Å². The minimum absolute atomic E-state index is 0.0299. The number of hydrogen-bond donors (Lipinski definition) is 4. The molecule has 0 radical (unpaired) electrons. The number of hydrogen-bond acceptors (Lipinski definition) is 6. The van der Waals surface area contributed by atoms with Crippen molar-refractivity contribution in [1.29, 1.82) is 0 Å². The number of rotatable bonds is 8. The Balaban J connectivity index is 1.67. The van der Waals surface area contributed by atoms with Gasteiger partial charge in [-0.2, -0.15) is 4.37 Å². The molecule has 1 aliphatic heterocycles. The Hall–Kier alpha value is -2.72. The molecule has 1 aliphatic rings. The van der Waals surface area contributed by atoms with Crippen LogP contribution in [0.5, 0.6) is 5.88 Å². The molecule has 3 amide bonds. The van der Waals surface area contributed by atoms with Gasteiger partial charge in [0, 0.05) is 17.6 Å². The lowest BCUT2D eigenvalue weighted by molar-refractivity contribution is 0.0996. The second kappa shape index (κ2) is 9.86. The Morgan fingerprint density at radius 2 is 2.27 bits per heavy atom. The number of aryl methyl sites for hydroxylation is 1. The summed E-state index contributed by atoms with van der Waals surface area (Å²) in [6, 6.07) is 4.51. The van der Waals surface area contributed by atoms with Crippen LogP contribution in [0.4, 0.5) is 14.2 Å². The monoisotopic (exact) mass is 435 g/mol. The van der Waals surface area contributed by atoms with Crippen LogP contribution in [-0.2, 0) is 6.61 Å². The van der Waals surface area contributed by atoms with Crippen LogP contribution < -0.4 is 26.4 Å². The summed E-state index contributed by atoms with van der Waals surface area (Å²) in [5, 5.41) is 9.13. The number of primary amides is 1. The minimum Gasteiger partial charge on any atom is -0.471 e. The van der Waals surface area contributed by atoms with Crippen molar-refractivity contribution >= 4 is 28.5 Å². The summed E-state index contributed by atoms with van der Waals surface area (Å²) in [6.07, 6.45) is 2.85. The second-order valence-corrected chi connectivity index (χ2v) is 8.03. The van der Waals surface area contributed by atoms with Gasteiger partial charge < -0.3 is 21.1 Å². The van der Waals surface area contributed by atoms with E-state index in [-0.39, 0.29) is 35.1 Å². The van der Waals surface area contributed by atoms with Crippen molar-refractivity contribution in [2.45, 2.75) is 51.8 Å². The first-order chi connectivity index (χ1) is 14.4. The molecule has 2 aromatic rings. The van der Waals surface area contributed by atoms with Crippen LogP contribution in [0.3, 0.4) is 0 Å². The van der Waals surface area contributed by atoms with E-state index in [0.717, 1.165) is 42.9 Å². The van der Waals surface area contributed by atoms with E-state index in [1.165, 1.54) is 6.07 Å². The molecule has 162 valence electrons. The lowest BCUT2D eigenvalue weighted by atomic mass is 10.0. The molecule has 2 heterocycles. The van der Waals surface area contributed by atoms with Gasteiger partial charge in [-0.25, -0.2) is 9.18 Å². The zero-order chi connectivity index (χ0) is 21.7. The van der Waals surface area contributed by atoms with Gasteiger partial charge in [0.25, 0.3) is 5.91 Å². The molecule has 0 aliphatic carbocycles. The first-order valence-electron chi connectivity index (χ1n) is 9.87. The highest BCUT2D eigenvalue weighted by molar-refractivity contribution is 7.11. The molecule has 0 saturated carbocycles. The zero-order valence-corrected chi connectivity index (χ0v) is 17.8. The molecule has 1 aromatic carbocycles. The van der Waals surface area contributed by atoms with E-state index in [4.69, 9.17) is 10.5 Å². The fourth-order valence-electron chi connectivity index (χ4n) is 3.44. The second-order valence-electron chi connectivity index (χ2n) is 7.26. The summed E-state index contributed by atoms with van der Waals surface area (Å²) < 4.78 is 23.6. The third-order valence-electron chi connectivity index (χ3n) is 5.05. The third-order valence-corrected chi connectivity index (χ3v) is 5.79. The minimum atomic E-state index is -0.789. The summed E-state index contributed by atoms with van der Waals surface area (Å²) in [6.45, 7) is 4.61. The molecule has 3 rings (SSSR count). The molecular weight excluding hydrogens is 409 g/mol. The summed E-state index contributed by atoms with van der Waals surface area (Å²) in [5.74, 6) is -1.23. The molecule has 30 heavy (non-hydrogen) atoms. The molecule has 2 atom stereocenters. The number of aromatic nitrogens is 1. The van der Waals surface area contributed by atoms with Crippen LogP contribution in [0.1, 0.15) is 47.7 Å². The molecule has 2 unspecified atom stereocenters. The Morgan fingerprint density at radius 1 is 1.47 bits per heavy atom. The number of ether oxygens (including phenoxy) is 1. The first kappa shape index (κ1) is 22.0. The van der Waals surface area contributed by atoms with E-state index >= 15 is 0 Å². The van der Waals surface area contributed by atoms with Crippen LogP contribution in [0.25, 0.3) is 0 Å². The predicted molar refractivity (Wildman–Crippen MR) is 113 cm³/mol. The topological polar surface area (TPSA) is 118 Å². The maximum atomic E-state index is 14.0. The molecule has 1 saturated heterocycles. The zero-order valence-electron chi connectivity index (χ0n) is 17.0. The first-order valence-corrected chi connectivity index (χ1v) is 10.6. The number of carbonyl (C=O) groups excluding carboxylic acids is 2. The van der Waals surface area contributed by atoms with Crippen molar-refractivity contribution in [3.8, 4) is 5.88 Å². The fourth-order valence-corrected chi connectivity index (χ4v) is 4.18. The van der Waals surface area contributed by atoms with Crippen molar-refractivity contribution < 1.29 is 18.7 Å². The highest BCUT2D eigenvalue weighted by Crippen LogP contribution is 2.31. The molecule has 10 heteroatoms. The molecular formula is C20H26FN5O3S. The number of nitrogens with two attached hydrogens (primary N) is 1. The van der Waals surface area contributed by atoms with E-state index in [1.807, 2.05) is 6.92 Å². The summed E-state index contributed by atoms with van der Waals surface area (Å²) in [7, 11) is 0. The van der Waals surface area contributed by atoms with Crippen molar-refractivity contribution in [2.75, 3.05) is 11.9 Å². The highest BCUT2D eigenvalue weighted by atomic mass is 32.1. The number of benzene rings is 1. The van der Waals surface area contributed by atoms with Crippen LogP contribution in [-0.4, -0.2) is 34.9 Å². The molecule has 0 spiro atoms. The number of urea groups is 1. The Bertz CT molecular complexity index is 914. The van der Waals surface area contributed by atoms with E-state index in [9.17, 15) is 14.0 Å². The smallest absolute Gasteiger partial charge is 0.320 e. The van der Waals surface area contributed by atoms with Gasteiger partial charge >= 0.3 is 6.03 Å². The maximum absolute atomic E-state index is 14.0. The third kappa shape index (κ3) is 5.25. The van der Waals surface area contributed by atoms with Crippen LogP contribution in [0.15, 0.2) is 18.2 Å². The van der Waals surface area contributed by atoms with E-state index in [0.29, 0.717) is 5.56 Å².